The largest absolute Gasteiger partial charge is 0.384 e. The standard InChI is InChI=1S/C25H21N11O/c1-15-18(16(2)37-34-15)12-35-19-6-4-3-5-17(19)24(33-35)25-31-20(26)11-23(32-25)36(21-7-9-27-13-29-21)22-8-10-28-14-30-22/h3-11,13-14H,12H2,1-2H3,(H2,26,31,32). The fourth-order valence-corrected chi connectivity index (χ4v) is 4.15. The van der Waals surface area contributed by atoms with Crippen LogP contribution in [-0.2, 0) is 6.54 Å². The zero-order valence-electron chi connectivity index (χ0n) is 20.0. The summed E-state index contributed by atoms with van der Waals surface area (Å²) in [5, 5.41) is 9.86. The molecule has 0 aliphatic heterocycles. The van der Waals surface area contributed by atoms with E-state index in [0.29, 0.717) is 35.5 Å². The number of benzene rings is 1. The second kappa shape index (κ2) is 9.07. The highest BCUT2D eigenvalue weighted by molar-refractivity contribution is 5.92. The Morgan fingerprint density at radius 1 is 0.919 bits per heavy atom. The van der Waals surface area contributed by atoms with Crippen LogP contribution in [0.2, 0.25) is 0 Å². The lowest BCUT2D eigenvalue weighted by atomic mass is 10.2. The number of nitrogens with zero attached hydrogens (tertiary/aromatic N) is 10. The summed E-state index contributed by atoms with van der Waals surface area (Å²) < 4.78 is 7.25. The first-order valence-electron chi connectivity index (χ1n) is 11.4. The number of anilines is 4. The Hall–Kier alpha value is -5.26. The molecule has 0 saturated carbocycles. The lowest BCUT2D eigenvalue weighted by molar-refractivity contribution is 0.392. The summed E-state index contributed by atoms with van der Waals surface area (Å²) >= 11 is 0. The number of fused-ring (bicyclic) bond motifs is 1. The van der Waals surface area contributed by atoms with Gasteiger partial charge in [-0.25, -0.2) is 29.9 Å². The molecule has 0 unspecified atom stereocenters. The fourth-order valence-electron chi connectivity index (χ4n) is 4.15. The van der Waals surface area contributed by atoms with Gasteiger partial charge in [-0.15, -0.1) is 0 Å². The third-order valence-electron chi connectivity index (χ3n) is 5.91. The molecule has 0 aliphatic rings. The molecule has 2 N–H and O–H groups in total. The van der Waals surface area contributed by atoms with E-state index in [0.717, 1.165) is 27.9 Å². The Morgan fingerprint density at radius 3 is 2.30 bits per heavy atom. The summed E-state index contributed by atoms with van der Waals surface area (Å²) in [5.41, 5.74) is 9.62. The van der Waals surface area contributed by atoms with Gasteiger partial charge in [-0.1, -0.05) is 23.4 Å². The van der Waals surface area contributed by atoms with Crippen LogP contribution in [0.3, 0.4) is 0 Å². The molecule has 6 rings (SSSR count). The minimum Gasteiger partial charge on any atom is -0.384 e. The first-order valence-corrected chi connectivity index (χ1v) is 11.4. The van der Waals surface area contributed by atoms with Gasteiger partial charge in [0.25, 0.3) is 0 Å². The molecule has 5 aromatic heterocycles. The van der Waals surface area contributed by atoms with Gasteiger partial charge in [0.15, 0.2) is 5.82 Å². The highest BCUT2D eigenvalue weighted by Crippen LogP contribution is 2.33. The third kappa shape index (κ3) is 4.10. The molecule has 12 heteroatoms. The maximum Gasteiger partial charge on any atom is 0.184 e. The van der Waals surface area contributed by atoms with Crippen molar-refractivity contribution in [1.29, 1.82) is 0 Å². The van der Waals surface area contributed by atoms with Gasteiger partial charge in [-0.3, -0.25) is 9.58 Å². The summed E-state index contributed by atoms with van der Waals surface area (Å²) in [6.45, 7) is 4.30. The molecule has 0 fully saturated rings. The Kier molecular flexibility index (Phi) is 5.45. The first-order chi connectivity index (χ1) is 18.1. The van der Waals surface area contributed by atoms with Crippen LogP contribution in [0.1, 0.15) is 17.0 Å². The van der Waals surface area contributed by atoms with Gasteiger partial charge in [0.2, 0.25) is 0 Å². The average molecular weight is 492 g/mol. The van der Waals surface area contributed by atoms with Crippen molar-refractivity contribution in [3.8, 4) is 11.5 Å². The van der Waals surface area contributed by atoms with E-state index in [1.807, 2.05) is 42.8 Å². The van der Waals surface area contributed by atoms with E-state index in [9.17, 15) is 0 Å². The highest BCUT2D eigenvalue weighted by atomic mass is 16.5. The number of hydrogen-bond acceptors (Lipinski definition) is 11. The maximum atomic E-state index is 6.29. The zero-order chi connectivity index (χ0) is 25.4. The zero-order valence-corrected chi connectivity index (χ0v) is 20.0. The van der Waals surface area contributed by atoms with E-state index in [1.165, 1.54) is 12.7 Å². The van der Waals surface area contributed by atoms with Crippen molar-refractivity contribution in [3.05, 3.63) is 84.5 Å². The van der Waals surface area contributed by atoms with Crippen LogP contribution < -0.4 is 10.6 Å². The van der Waals surface area contributed by atoms with E-state index in [4.69, 9.17) is 20.3 Å². The SMILES string of the molecule is Cc1noc(C)c1Cn1nc(-c2nc(N)cc(N(c3ccncn3)c3ccncn3)n2)c2ccccc21. The Labute approximate surface area is 210 Å². The summed E-state index contributed by atoms with van der Waals surface area (Å²) in [6.07, 6.45) is 6.20. The summed E-state index contributed by atoms with van der Waals surface area (Å²) in [7, 11) is 0. The van der Waals surface area contributed by atoms with E-state index >= 15 is 0 Å². The Bertz CT molecular complexity index is 1640. The van der Waals surface area contributed by atoms with E-state index in [1.54, 1.807) is 35.5 Å². The first kappa shape index (κ1) is 22.2. The molecule has 0 radical (unpaired) electrons. The van der Waals surface area contributed by atoms with Crippen LogP contribution in [0.15, 0.2) is 72.0 Å². The normalized spacial score (nSPS) is 11.2. The van der Waals surface area contributed by atoms with Crippen molar-refractivity contribution in [2.24, 2.45) is 0 Å². The van der Waals surface area contributed by atoms with Crippen molar-refractivity contribution < 1.29 is 4.52 Å². The van der Waals surface area contributed by atoms with Gasteiger partial charge < -0.3 is 10.3 Å². The number of rotatable bonds is 6. The van der Waals surface area contributed by atoms with Crippen molar-refractivity contribution in [3.63, 3.8) is 0 Å². The Balaban J connectivity index is 1.51. The molecule has 12 nitrogen and oxygen atoms in total. The van der Waals surface area contributed by atoms with Crippen LogP contribution in [-0.4, -0.2) is 44.8 Å². The summed E-state index contributed by atoms with van der Waals surface area (Å²) in [5.74, 6) is 3.00. The average Bonchev–Trinajstić information content (AvgIpc) is 3.45. The second-order valence-electron chi connectivity index (χ2n) is 8.27. The lowest BCUT2D eigenvalue weighted by Crippen LogP contribution is -2.16. The van der Waals surface area contributed by atoms with Gasteiger partial charge in [0.05, 0.1) is 17.8 Å². The predicted octanol–water partition coefficient (Wildman–Crippen LogP) is 3.78. The lowest BCUT2D eigenvalue weighted by Gasteiger charge is -2.21. The van der Waals surface area contributed by atoms with Crippen LogP contribution >= 0.6 is 0 Å². The quantitative estimate of drug-likeness (QED) is 0.362. The number of nitrogens with two attached hydrogens (primary N) is 1. The van der Waals surface area contributed by atoms with Crippen molar-refractivity contribution in [2.75, 3.05) is 10.6 Å². The number of aryl methyl sites for hydroxylation is 2. The number of aromatic nitrogens is 9. The maximum absolute atomic E-state index is 6.29. The molecular formula is C25H21N11O. The molecule has 0 spiro atoms. The van der Waals surface area contributed by atoms with Crippen LogP contribution in [0.25, 0.3) is 22.4 Å². The number of para-hydroxylation sites is 1. The smallest absolute Gasteiger partial charge is 0.184 e. The topological polar surface area (TPSA) is 150 Å². The molecule has 0 amide bonds. The fraction of sp³-hybridized carbons (Fsp3) is 0.120. The van der Waals surface area contributed by atoms with Crippen LogP contribution in [0, 0.1) is 13.8 Å². The van der Waals surface area contributed by atoms with Crippen molar-refractivity contribution in [2.45, 2.75) is 20.4 Å². The van der Waals surface area contributed by atoms with Gasteiger partial charge in [-0.2, -0.15) is 5.10 Å². The summed E-state index contributed by atoms with van der Waals surface area (Å²) in [4.78, 5) is 28.0. The molecule has 5 heterocycles. The highest BCUT2D eigenvalue weighted by Gasteiger charge is 2.22. The second-order valence-corrected chi connectivity index (χ2v) is 8.27. The number of hydrogen-bond donors (Lipinski definition) is 1. The molecule has 0 saturated heterocycles. The molecule has 37 heavy (non-hydrogen) atoms. The van der Waals surface area contributed by atoms with E-state index < -0.39 is 0 Å². The summed E-state index contributed by atoms with van der Waals surface area (Å²) in [6, 6.07) is 13.1. The third-order valence-corrected chi connectivity index (χ3v) is 5.91. The van der Waals surface area contributed by atoms with Crippen molar-refractivity contribution >= 4 is 34.2 Å². The van der Waals surface area contributed by atoms with Gasteiger partial charge in [-0.05, 0) is 32.0 Å². The van der Waals surface area contributed by atoms with Gasteiger partial charge >= 0.3 is 0 Å². The van der Waals surface area contributed by atoms with Crippen molar-refractivity contribution in [1.82, 2.24) is 44.8 Å². The minimum atomic E-state index is 0.275. The van der Waals surface area contributed by atoms with Crippen LogP contribution in [0.4, 0.5) is 23.3 Å². The van der Waals surface area contributed by atoms with Crippen LogP contribution in [0.5, 0.6) is 0 Å². The molecule has 182 valence electrons. The van der Waals surface area contributed by atoms with Gasteiger partial charge in [0, 0.05) is 29.4 Å². The molecule has 0 atom stereocenters. The van der Waals surface area contributed by atoms with E-state index in [-0.39, 0.29) is 5.82 Å². The Morgan fingerprint density at radius 2 is 1.65 bits per heavy atom. The molecule has 0 aliphatic carbocycles. The molecule has 1 aromatic carbocycles. The predicted molar refractivity (Wildman–Crippen MR) is 136 cm³/mol. The molecule has 6 aromatic rings. The molecule has 0 bridgehead atoms. The minimum absolute atomic E-state index is 0.275. The monoisotopic (exact) mass is 491 g/mol. The van der Waals surface area contributed by atoms with E-state index in [2.05, 4.69) is 30.1 Å². The van der Waals surface area contributed by atoms with Gasteiger partial charge in [0.1, 0.15) is 47.4 Å². The molecular weight excluding hydrogens is 470 g/mol. The number of nitrogen functional groups attached to an aromatic ring is 1.